The molecule has 2 heterocycles. The van der Waals surface area contributed by atoms with Gasteiger partial charge < -0.3 is 20.4 Å². The van der Waals surface area contributed by atoms with Crippen LogP contribution in [0, 0.1) is 5.92 Å². The van der Waals surface area contributed by atoms with Crippen molar-refractivity contribution in [1.82, 2.24) is 10.2 Å². The number of rotatable bonds is 4. The number of hydrogen-bond acceptors (Lipinski definition) is 4. The normalized spacial score (nSPS) is 19.0. The number of piperidine rings is 1. The van der Waals surface area contributed by atoms with Gasteiger partial charge in [-0.25, -0.2) is 9.59 Å². The highest BCUT2D eigenvalue weighted by Gasteiger charge is 2.29. The number of thiophene rings is 1. The number of urea groups is 1. The van der Waals surface area contributed by atoms with Gasteiger partial charge >= 0.3 is 12.0 Å². The van der Waals surface area contributed by atoms with Gasteiger partial charge in [0, 0.05) is 18.0 Å². The van der Waals surface area contributed by atoms with Crippen molar-refractivity contribution < 1.29 is 19.8 Å². The number of amides is 2. The molecule has 2 amide bonds. The summed E-state index contributed by atoms with van der Waals surface area (Å²) in [6, 6.07) is 2.09. The van der Waals surface area contributed by atoms with Crippen LogP contribution in [0.5, 0.6) is 0 Å². The molecular formula is C14H20N2O4S. The molecule has 7 heteroatoms. The fourth-order valence-corrected chi connectivity index (χ4v) is 3.28. The molecule has 1 aliphatic heterocycles. The van der Waals surface area contributed by atoms with Gasteiger partial charge in [-0.05, 0) is 37.1 Å². The second kappa shape index (κ2) is 6.91. The number of nitrogens with zero attached hydrogens (tertiary/aromatic N) is 1. The monoisotopic (exact) mass is 312 g/mol. The van der Waals surface area contributed by atoms with E-state index in [2.05, 4.69) is 5.32 Å². The van der Waals surface area contributed by atoms with Crippen LogP contribution in [0.1, 0.15) is 30.7 Å². The molecule has 21 heavy (non-hydrogen) atoms. The lowest BCUT2D eigenvalue weighted by molar-refractivity contribution is -0.139. The topological polar surface area (TPSA) is 89.9 Å². The minimum absolute atomic E-state index is 0.210. The smallest absolute Gasteiger partial charge is 0.331 e. The third-order valence-electron chi connectivity index (χ3n) is 3.85. The van der Waals surface area contributed by atoms with E-state index >= 15 is 0 Å². The summed E-state index contributed by atoms with van der Waals surface area (Å²) in [7, 11) is 0. The average Bonchev–Trinajstić information content (AvgIpc) is 2.98. The summed E-state index contributed by atoms with van der Waals surface area (Å²) in [6.45, 7) is 2.84. The molecular weight excluding hydrogens is 292 g/mol. The van der Waals surface area contributed by atoms with Crippen LogP contribution in [0.25, 0.3) is 0 Å². The van der Waals surface area contributed by atoms with Gasteiger partial charge in [-0.15, -0.1) is 11.3 Å². The summed E-state index contributed by atoms with van der Waals surface area (Å²) in [6.07, 6.45) is 1.11. The van der Waals surface area contributed by atoms with E-state index in [1.807, 2.05) is 0 Å². The first-order valence-corrected chi connectivity index (χ1v) is 7.86. The maximum Gasteiger partial charge on any atom is 0.331 e. The average molecular weight is 312 g/mol. The van der Waals surface area contributed by atoms with Crippen LogP contribution in [-0.4, -0.2) is 46.3 Å². The van der Waals surface area contributed by atoms with E-state index in [0.717, 1.165) is 12.8 Å². The van der Waals surface area contributed by atoms with Gasteiger partial charge in [-0.2, -0.15) is 0 Å². The Balaban J connectivity index is 1.93. The Morgan fingerprint density at radius 3 is 2.57 bits per heavy atom. The minimum atomic E-state index is -1.07. The Bertz CT molecular complexity index is 481. The van der Waals surface area contributed by atoms with Crippen molar-refractivity contribution in [3.63, 3.8) is 0 Å². The minimum Gasteiger partial charge on any atom is -0.479 e. The second-order valence-electron chi connectivity index (χ2n) is 5.30. The molecule has 1 aromatic rings. The molecule has 1 fully saturated rings. The lowest BCUT2D eigenvalue weighted by atomic mass is 9.92. The zero-order valence-electron chi connectivity index (χ0n) is 11.9. The predicted molar refractivity (Wildman–Crippen MR) is 79.2 cm³/mol. The summed E-state index contributed by atoms with van der Waals surface area (Å²) in [4.78, 5) is 25.7. The summed E-state index contributed by atoms with van der Waals surface area (Å²) < 4.78 is 0. The number of aliphatic hydroxyl groups excluding tert-OH is 1. The number of aliphatic hydroxyl groups is 1. The van der Waals surface area contributed by atoms with E-state index in [4.69, 9.17) is 0 Å². The van der Waals surface area contributed by atoms with E-state index in [0.29, 0.717) is 18.0 Å². The van der Waals surface area contributed by atoms with E-state index in [1.54, 1.807) is 29.3 Å². The molecule has 116 valence electrons. The van der Waals surface area contributed by atoms with Crippen molar-refractivity contribution in [2.45, 2.75) is 31.9 Å². The first-order chi connectivity index (χ1) is 9.99. The number of aliphatic carboxylic acids is 1. The number of carboxylic acid groups (broad SMARTS) is 1. The fraction of sp³-hybridized carbons (Fsp3) is 0.571. The van der Waals surface area contributed by atoms with Crippen molar-refractivity contribution in [2.75, 3.05) is 13.1 Å². The van der Waals surface area contributed by atoms with Crippen molar-refractivity contribution in [3.8, 4) is 0 Å². The Hall–Kier alpha value is -1.60. The van der Waals surface area contributed by atoms with Crippen LogP contribution in [0.2, 0.25) is 0 Å². The van der Waals surface area contributed by atoms with Crippen LogP contribution >= 0.6 is 11.3 Å². The van der Waals surface area contributed by atoms with Crippen LogP contribution in [-0.2, 0) is 4.79 Å². The first kappa shape index (κ1) is 15.8. The molecule has 2 rings (SSSR count). The van der Waals surface area contributed by atoms with E-state index in [-0.39, 0.29) is 18.1 Å². The van der Waals surface area contributed by atoms with Gasteiger partial charge in [0.15, 0.2) is 6.04 Å². The SMILES string of the molecule is CC(O)C1CCN(C(=O)NC(C(=O)O)c2cccs2)CC1. The summed E-state index contributed by atoms with van der Waals surface area (Å²) in [5, 5.41) is 23.1. The molecule has 1 aromatic heterocycles. The number of hydrogen-bond donors (Lipinski definition) is 3. The number of nitrogens with one attached hydrogen (secondary N) is 1. The van der Waals surface area contributed by atoms with E-state index in [1.165, 1.54) is 11.3 Å². The predicted octanol–water partition coefficient (Wildman–Crippen LogP) is 1.68. The number of carboxylic acids is 1. The van der Waals surface area contributed by atoms with Crippen LogP contribution < -0.4 is 5.32 Å². The Labute approximate surface area is 127 Å². The Kier molecular flexibility index (Phi) is 5.19. The zero-order chi connectivity index (χ0) is 15.4. The quantitative estimate of drug-likeness (QED) is 0.789. The molecule has 0 saturated carbocycles. The highest BCUT2D eigenvalue weighted by Crippen LogP contribution is 2.22. The molecule has 1 aliphatic rings. The second-order valence-corrected chi connectivity index (χ2v) is 6.28. The molecule has 0 radical (unpaired) electrons. The summed E-state index contributed by atoms with van der Waals surface area (Å²) in [5.74, 6) is -0.855. The molecule has 2 atom stereocenters. The van der Waals surface area contributed by atoms with Crippen LogP contribution in [0.15, 0.2) is 17.5 Å². The highest BCUT2D eigenvalue weighted by atomic mass is 32.1. The fourth-order valence-electron chi connectivity index (χ4n) is 2.51. The molecule has 3 N–H and O–H groups in total. The molecule has 0 spiro atoms. The van der Waals surface area contributed by atoms with Crippen LogP contribution in [0.3, 0.4) is 0 Å². The third-order valence-corrected chi connectivity index (χ3v) is 4.79. The van der Waals surface area contributed by atoms with Gasteiger partial charge in [0.2, 0.25) is 0 Å². The maximum absolute atomic E-state index is 12.2. The number of likely N-dealkylation sites (tertiary alicyclic amines) is 1. The zero-order valence-corrected chi connectivity index (χ0v) is 12.7. The highest BCUT2D eigenvalue weighted by molar-refractivity contribution is 7.10. The van der Waals surface area contributed by atoms with Crippen LogP contribution in [0.4, 0.5) is 4.79 Å². The third kappa shape index (κ3) is 3.95. The molecule has 0 aliphatic carbocycles. The standard InChI is InChI=1S/C14H20N2O4S/c1-9(17)10-4-6-16(7-5-10)14(20)15-12(13(18)19)11-3-2-8-21-11/h2-3,8-10,12,17H,4-7H2,1H3,(H,15,20)(H,18,19). The molecule has 0 aromatic carbocycles. The van der Waals surface area contributed by atoms with Crippen molar-refractivity contribution in [1.29, 1.82) is 0 Å². The Morgan fingerprint density at radius 1 is 1.43 bits per heavy atom. The van der Waals surface area contributed by atoms with Gasteiger partial charge in [0.25, 0.3) is 0 Å². The van der Waals surface area contributed by atoms with Gasteiger partial charge in [-0.1, -0.05) is 6.07 Å². The van der Waals surface area contributed by atoms with Crippen molar-refractivity contribution in [3.05, 3.63) is 22.4 Å². The summed E-state index contributed by atoms with van der Waals surface area (Å²) in [5.41, 5.74) is 0. The number of carbonyl (C=O) groups is 2. The van der Waals surface area contributed by atoms with E-state index < -0.39 is 12.0 Å². The molecule has 6 nitrogen and oxygen atoms in total. The van der Waals surface area contributed by atoms with Crippen molar-refractivity contribution >= 4 is 23.3 Å². The molecule has 0 bridgehead atoms. The Morgan fingerprint density at radius 2 is 2.10 bits per heavy atom. The molecule has 2 unspecified atom stereocenters. The number of carbonyl (C=O) groups excluding carboxylic acids is 1. The van der Waals surface area contributed by atoms with Crippen molar-refractivity contribution in [2.24, 2.45) is 5.92 Å². The maximum atomic E-state index is 12.2. The van der Waals surface area contributed by atoms with Gasteiger partial charge in [0.05, 0.1) is 6.10 Å². The summed E-state index contributed by atoms with van der Waals surface area (Å²) >= 11 is 1.31. The lowest BCUT2D eigenvalue weighted by Crippen LogP contribution is -2.47. The largest absolute Gasteiger partial charge is 0.479 e. The molecule has 1 saturated heterocycles. The van der Waals surface area contributed by atoms with Gasteiger partial charge in [0.1, 0.15) is 0 Å². The first-order valence-electron chi connectivity index (χ1n) is 6.98. The van der Waals surface area contributed by atoms with E-state index in [9.17, 15) is 19.8 Å². The lowest BCUT2D eigenvalue weighted by Gasteiger charge is -2.33. The van der Waals surface area contributed by atoms with Gasteiger partial charge in [-0.3, -0.25) is 0 Å².